The number of unbranched alkanes of at least 4 members (excludes halogenated alkanes) is 1. The van der Waals surface area contributed by atoms with E-state index < -0.39 is 10.9 Å². The minimum absolute atomic E-state index is 0.0599. The van der Waals surface area contributed by atoms with Crippen molar-refractivity contribution >= 4 is 10.9 Å². The van der Waals surface area contributed by atoms with Crippen molar-refractivity contribution in [3.8, 4) is 0 Å². The van der Waals surface area contributed by atoms with E-state index in [9.17, 15) is 0 Å². The highest BCUT2D eigenvalue weighted by Crippen LogP contribution is 2.33. The van der Waals surface area contributed by atoms with Crippen LogP contribution < -0.4 is 0 Å². The van der Waals surface area contributed by atoms with E-state index in [1.54, 1.807) is 0 Å². The third-order valence-corrected chi connectivity index (χ3v) is 2.26. The molecule has 0 bridgehead atoms. The van der Waals surface area contributed by atoms with Crippen LogP contribution in [0.3, 0.4) is 0 Å². The second-order valence-corrected chi connectivity index (χ2v) is 4.78. The molecular weight excluding hydrogens is 188 g/mol. The molecule has 0 aromatic rings. The van der Waals surface area contributed by atoms with Crippen molar-refractivity contribution in [3.05, 3.63) is 24.3 Å². The topological polar surface area (TPSA) is 60.7 Å². The molecule has 3 N–H and O–H groups in total. The SMILES string of the molecule is C=C(C)C/C=C/CCCS(O)(O)O. The van der Waals surface area contributed by atoms with Gasteiger partial charge in [-0.2, -0.15) is 0 Å². The molecule has 0 aliphatic carbocycles. The van der Waals surface area contributed by atoms with Gasteiger partial charge in [-0.15, -0.1) is 0 Å². The largest absolute Gasteiger partial charge is 0.308 e. The van der Waals surface area contributed by atoms with Gasteiger partial charge in [0.2, 0.25) is 0 Å². The lowest BCUT2D eigenvalue weighted by atomic mass is 10.2. The quantitative estimate of drug-likeness (QED) is 0.460. The molecule has 0 aromatic carbocycles. The van der Waals surface area contributed by atoms with Crippen molar-refractivity contribution < 1.29 is 13.7 Å². The van der Waals surface area contributed by atoms with Crippen LogP contribution in [0, 0.1) is 0 Å². The summed E-state index contributed by atoms with van der Waals surface area (Å²) in [6, 6.07) is 0. The Morgan fingerprint density at radius 3 is 2.38 bits per heavy atom. The fourth-order valence-electron chi connectivity index (χ4n) is 0.797. The molecule has 0 aliphatic rings. The maximum Gasteiger partial charge on any atom is 0.0810 e. The van der Waals surface area contributed by atoms with Gasteiger partial charge >= 0.3 is 0 Å². The number of hydrogen-bond donors (Lipinski definition) is 3. The molecule has 4 heteroatoms. The summed E-state index contributed by atoms with van der Waals surface area (Å²) in [7, 11) is -3.28. The van der Waals surface area contributed by atoms with Gasteiger partial charge in [-0.05, 0) is 26.2 Å². The van der Waals surface area contributed by atoms with E-state index in [0.717, 1.165) is 18.4 Å². The van der Waals surface area contributed by atoms with Crippen molar-refractivity contribution in [1.82, 2.24) is 0 Å². The molecule has 0 heterocycles. The summed E-state index contributed by atoms with van der Waals surface area (Å²) in [6.45, 7) is 5.70. The molecule has 0 amide bonds. The molecule has 0 fully saturated rings. The summed E-state index contributed by atoms with van der Waals surface area (Å²) >= 11 is 0. The van der Waals surface area contributed by atoms with E-state index in [4.69, 9.17) is 13.7 Å². The zero-order valence-electron chi connectivity index (χ0n) is 7.94. The standard InChI is InChI=1S/C9H18O3S/c1-9(2)7-5-3-4-6-8-13(10,11)12/h3,5,10-12H,1,4,6-8H2,2H3/b5-3+. The molecule has 0 aliphatic heterocycles. The van der Waals surface area contributed by atoms with E-state index in [1.807, 2.05) is 19.1 Å². The Hall–Kier alpha value is -0.290. The Balaban J connectivity index is 3.36. The van der Waals surface area contributed by atoms with Gasteiger partial charge in [0.05, 0.1) is 10.9 Å². The molecule has 78 valence electrons. The van der Waals surface area contributed by atoms with Crippen molar-refractivity contribution in [1.29, 1.82) is 0 Å². The molecular formula is C9H18O3S. The Bertz CT molecular complexity index is 182. The Morgan fingerprint density at radius 2 is 1.92 bits per heavy atom. The van der Waals surface area contributed by atoms with Gasteiger partial charge in [0, 0.05) is 5.75 Å². The van der Waals surface area contributed by atoms with Crippen LogP contribution in [-0.4, -0.2) is 19.4 Å². The Morgan fingerprint density at radius 1 is 1.31 bits per heavy atom. The minimum Gasteiger partial charge on any atom is -0.308 e. The number of rotatable bonds is 6. The first-order chi connectivity index (χ1) is 5.92. The highest BCUT2D eigenvalue weighted by atomic mass is 32.3. The molecule has 0 radical (unpaired) electrons. The highest BCUT2D eigenvalue weighted by Gasteiger charge is 2.08. The summed E-state index contributed by atoms with van der Waals surface area (Å²) in [4.78, 5) is 0. The van der Waals surface area contributed by atoms with Crippen LogP contribution >= 0.6 is 10.9 Å². The van der Waals surface area contributed by atoms with Crippen LogP contribution in [0.2, 0.25) is 0 Å². The van der Waals surface area contributed by atoms with Crippen LogP contribution in [0.4, 0.5) is 0 Å². The maximum absolute atomic E-state index is 8.62. The molecule has 0 rings (SSSR count). The van der Waals surface area contributed by atoms with E-state index in [1.165, 1.54) is 0 Å². The lowest BCUT2D eigenvalue weighted by Crippen LogP contribution is -1.99. The predicted octanol–water partition coefficient (Wildman–Crippen LogP) is 3.51. The summed E-state index contributed by atoms with van der Waals surface area (Å²) in [5.41, 5.74) is 1.10. The van der Waals surface area contributed by atoms with E-state index in [0.29, 0.717) is 6.42 Å². The monoisotopic (exact) mass is 206 g/mol. The number of hydrogen-bond acceptors (Lipinski definition) is 3. The first-order valence-electron chi connectivity index (χ1n) is 4.19. The van der Waals surface area contributed by atoms with Crippen LogP contribution in [0.5, 0.6) is 0 Å². The molecule has 0 atom stereocenters. The fraction of sp³-hybridized carbons (Fsp3) is 0.556. The molecule has 0 saturated heterocycles. The van der Waals surface area contributed by atoms with Crippen molar-refractivity contribution in [2.45, 2.75) is 26.2 Å². The first kappa shape index (κ1) is 12.7. The van der Waals surface area contributed by atoms with Gasteiger partial charge in [-0.25, -0.2) is 0 Å². The van der Waals surface area contributed by atoms with Gasteiger partial charge in [-0.3, -0.25) is 0 Å². The fourth-order valence-corrected chi connectivity index (χ4v) is 1.35. The van der Waals surface area contributed by atoms with E-state index in [2.05, 4.69) is 6.58 Å². The predicted molar refractivity (Wildman–Crippen MR) is 58.1 cm³/mol. The maximum atomic E-state index is 8.62. The normalized spacial score (nSPS) is 13.5. The van der Waals surface area contributed by atoms with Crippen LogP contribution in [0.15, 0.2) is 24.3 Å². The van der Waals surface area contributed by atoms with Gasteiger partial charge in [0.25, 0.3) is 0 Å². The summed E-state index contributed by atoms with van der Waals surface area (Å²) in [5, 5.41) is 0. The lowest BCUT2D eigenvalue weighted by Gasteiger charge is -2.17. The zero-order valence-corrected chi connectivity index (χ0v) is 8.76. The summed E-state index contributed by atoms with van der Waals surface area (Å²) in [5.74, 6) is 0.0599. The third kappa shape index (κ3) is 11.7. The first-order valence-corrected chi connectivity index (χ1v) is 5.87. The van der Waals surface area contributed by atoms with Crippen LogP contribution in [0.1, 0.15) is 26.2 Å². The van der Waals surface area contributed by atoms with Gasteiger partial charge in [0.1, 0.15) is 0 Å². The smallest absolute Gasteiger partial charge is 0.0810 e. The molecule has 0 unspecified atom stereocenters. The van der Waals surface area contributed by atoms with Crippen LogP contribution in [-0.2, 0) is 0 Å². The molecule has 0 saturated carbocycles. The average molecular weight is 206 g/mol. The average Bonchev–Trinajstić information content (AvgIpc) is 1.93. The Labute approximate surface area is 81.3 Å². The summed E-state index contributed by atoms with van der Waals surface area (Å²) < 4.78 is 25.9. The number of allylic oxidation sites excluding steroid dienone is 3. The molecule has 13 heavy (non-hydrogen) atoms. The van der Waals surface area contributed by atoms with Gasteiger partial charge in [0.15, 0.2) is 0 Å². The Kier molecular flexibility index (Phi) is 6.07. The second kappa shape index (κ2) is 6.21. The zero-order chi connectivity index (χ0) is 10.3. The van der Waals surface area contributed by atoms with E-state index >= 15 is 0 Å². The van der Waals surface area contributed by atoms with Gasteiger partial charge < -0.3 is 13.7 Å². The summed E-state index contributed by atoms with van der Waals surface area (Å²) in [6.07, 6.45) is 6.15. The second-order valence-electron chi connectivity index (χ2n) is 3.11. The lowest BCUT2D eigenvalue weighted by molar-refractivity contribution is 0.375. The minimum atomic E-state index is -3.28. The molecule has 0 spiro atoms. The van der Waals surface area contributed by atoms with Crippen molar-refractivity contribution in [2.75, 3.05) is 5.75 Å². The molecule has 3 nitrogen and oxygen atoms in total. The molecule has 0 aromatic heterocycles. The van der Waals surface area contributed by atoms with Gasteiger partial charge in [-0.1, -0.05) is 24.3 Å². The highest BCUT2D eigenvalue weighted by molar-refractivity contribution is 8.19. The van der Waals surface area contributed by atoms with Crippen molar-refractivity contribution in [2.24, 2.45) is 0 Å². The van der Waals surface area contributed by atoms with Crippen LogP contribution in [0.25, 0.3) is 0 Å². The van der Waals surface area contributed by atoms with Crippen molar-refractivity contribution in [3.63, 3.8) is 0 Å². The van der Waals surface area contributed by atoms with E-state index in [-0.39, 0.29) is 5.75 Å². The third-order valence-electron chi connectivity index (χ3n) is 1.42.